The zero-order chi connectivity index (χ0) is 15.6. The van der Waals surface area contributed by atoms with Crippen LogP contribution in [0.1, 0.15) is 18.4 Å². The molecule has 5 nitrogen and oxygen atoms in total. The van der Waals surface area contributed by atoms with Gasteiger partial charge in [-0.15, -0.1) is 0 Å². The Labute approximate surface area is 131 Å². The van der Waals surface area contributed by atoms with Crippen molar-refractivity contribution in [3.8, 4) is 0 Å². The largest absolute Gasteiger partial charge is 0.398 e. The van der Waals surface area contributed by atoms with Gasteiger partial charge in [0.05, 0.1) is 11.6 Å². The molecule has 0 aliphatic heterocycles. The van der Waals surface area contributed by atoms with Crippen LogP contribution in [0.15, 0.2) is 17.0 Å². The van der Waals surface area contributed by atoms with Gasteiger partial charge in [0.25, 0.3) is 0 Å². The second-order valence-electron chi connectivity index (χ2n) is 5.48. The zero-order valence-corrected chi connectivity index (χ0v) is 13.9. The van der Waals surface area contributed by atoms with Gasteiger partial charge in [0.1, 0.15) is 4.90 Å². The minimum Gasteiger partial charge on any atom is -0.398 e. The monoisotopic (exact) mass is 332 g/mol. The van der Waals surface area contributed by atoms with Crippen LogP contribution in [0.5, 0.6) is 0 Å². The maximum Gasteiger partial charge on any atom is 0.244 e. The number of rotatable bonds is 7. The van der Waals surface area contributed by atoms with Gasteiger partial charge < -0.3 is 10.5 Å². The molecule has 0 saturated heterocycles. The number of aryl methyl sites for hydroxylation is 1. The molecular formula is C14H21ClN2O3S. The summed E-state index contributed by atoms with van der Waals surface area (Å²) in [6.07, 6.45) is 2.43. The van der Waals surface area contributed by atoms with E-state index in [9.17, 15) is 8.42 Å². The van der Waals surface area contributed by atoms with Crippen molar-refractivity contribution in [3.63, 3.8) is 0 Å². The predicted molar refractivity (Wildman–Crippen MR) is 84.0 cm³/mol. The molecule has 1 saturated carbocycles. The van der Waals surface area contributed by atoms with Gasteiger partial charge in [-0.1, -0.05) is 11.6 Å². The van der Waals surface area contributed by atoms with E-state index in [2.05, 4.69) is 0 Å². The van der Waals surface area contributed by atoms with Crippen molar-refractivity contribution in [2.75, 3.05) is 32.5 Å². The Morgan fingerprint density at radius 3 is 2.71 bits per heavy atom. The number of ether oxygens (including phenoxy) is 1. The van der Waals surface area contributed by atoms with Gasteiger partial charge in [0.15, 0.2) is 0 Å². The molecule has 1 fully saturated rings. The molecule has 0 spiro atoms. The lowest BCUT2D eigenvalue weighted by molar-refractivity contribution is 0.117. The van der Waals surface area contributed by atoms with Gasteiger partial charge in [-0.05, 0) is 43.4 Å². The normalized spacial score (nSPS) is 15.6. The van der Waals surface area contributed by atoms with Gasteiger partial charge in [0.2, 0.25) is 10.0 Å². The van der Waals surface area contributed by atoms with E-state index >= 15 is 0 Å². The summed E-state index contributed by atoms with van der Waals surface area (Å²) in [5.74, 6) is 0.665. The summed E-state index contributed by atoms with van der Waals surface area (Å²) >= 11 is 6.05. The van der Waals surface area contributed by atoms with Crippen molar-refractivity contribution in [2.45, 2.75) is 24.7 Å². The third-order valence-electron chi connectivity index (χ3n) is 3.61. The van der Waals surface area contributed by atoms with E-state index in [0.717, 1.165) is 5.56 Å². The molecule has 0 bridgehead atoms. The van der Waals surface area contributed by atoms with Crippen molar-refractivity contribution in [1.82, 2.24) is 4.31 Å². The Balaban J connectivity index is 2.03. The fourth-order valence-electron chi connectivity index (χ4n) is 1.88. The fourth-order valence-corrected chi connectivity index (χ4v) is 3.62. The van der Waals surface area contributed by atoms with Crippen LogP contribution in [-0.2, 0) is 14.8 Å². The predicted octanol–water partition coefficient (Wildman–Crippen LogP) is 2.28. The van der Waals surface area contributed by atoms with Crippen LogP contribution < -0.4 is 5.73 Å². The number of nitrogens with two attached hydrogens (primary N) is 1. The Morgan fingerprint density at radius 1 is 1.43 bits per heavy atom. The molecule has 2 N–H and O–H groups in total. The van der Waals surface area contributed by atoms with Crippen LogP contribution in [0.4, 0.5) is 5.69 Å². The second-order valence-corrected chi connectivity index (χ2v) is 7.90. The number of nitrogen functional groups attached to an aromatic ring is 1. The summed E-state index contributed by atoms with van der Waals surface area (Å²) in [4.78, 5) is 0.0389. The average molecular weight is 333 g/mol. The molecule has 1 aromatic rings. The summed E-state index contributed by atoms with van der Waals surface area (Å²) < 4.78 is 31.7. The van der Waals surface area contributed by atoms with Crippen molar-refractivity contribution in [1.29, 1.82) is 0 Å². The molecule has 0 radical (unpaired) electrons. The molecule has 0 atom stereocenters. The topological polar surface area (TPSA) is 72.6 Å². The summed E-state index contributed by atoms with van der Waals surface area (Å²) in [7, 11) is -2.14. The first-order valence-corrected chi connectivity index (χ1v) is 8.74. The van der Waals surface area contributed by atoms with Gasteiger partial charge in [0, 0.05) is 25.9 Å². The van der Waals surface area contributed by atoms with Crippen LogP contribution in [0.3, 0.4) is 0 Å². The first-order valence-electron chi connectivity index (χ1n) is 6.92. The van der Waals surface area contributed by atoms with E-state index < -0.39 is 10.0 Å². The third kappa shape index (κ3) is 4.10. The highest BCUT2D eigenvalue weighted by Gasteiger charge is 2.25. The van der Waals surface area contributed by atoms with Gasteiger partial charge >= 0.3 is 0 Å². The summed E-state index contributed by atoms with van der Waals surface area (Å²) in [6.45, 7) is 3.17. The first-order chi connectivity index (χ1) is 9.82. The maximum absolute atomic E-state index is 12.5. The number of nitrogens with zero attached hydrogens (tertiary/aromatic N) is 1. The van der Waals surface area contributed by atoms with E-state index in [1.54, 1.807) is 13.0 Å². The lowest BCUT2D eigenvalue weighted by Gasteiger charge is -2.18. The first kappa shape index (κ1) is 16.5. The molecule has 0 unspecified atom stereocenters. The second kappa shape index (κ2) is 6.52. The van der Waals surface area contributed by atoms with Crippen LogP contribution in [0.2, 0.25) is 5.02 Å². The minimum atomic E-state index is -3.65. The zero-order valence-electron chi connectivity index (χ0n) is 12.3. The highest BCUT2D eigenvalue weighted by Crippen LogP contribution is 2.29. The van der Waals surface area contributed by atoms with Crippen LogP contribution in [0, 0.1) is 12.8 Å². The van der Waals surface area contributed by atoms with Crippen molar-refractivity contribution in [3.05, 3.63) is 22.7 Å². The molecule has 7 heteroatoms. The molecule has 0 aromatic heterocycles. The highest BCUT2D eigenvalue weighted by atomic mass is 35.5. The molecule has 1 aliphatic rings. The number of halogens is 1. The maximum atomic E-state index is 12.5. The molecule has 1 aliphatic carbocycles. The molecule has 118 valence electrons. The van der Waals surface area contributed by atoms with Crippen molar-refractivity contribution in [2.24, 2.45) is 5.92 Å². The number of sulfonamides is 1. The summed E-state index contributed by atoms with van der Waals surface area (Å²) in [5, 5.41) is 0.187. The molecule has 21 heavy (non-hydrogen) atoms. The number of hydrogen-bond donors (Lipinski definition) is 1. The standard InChI is InChI=1S/C14H21ClN2O3S/c1-10-7-12(15)14(8-13(10)16)21(18,19)17(2)5-6-20-9-11-3-4-11/h7-8,11H,3-6,9,16H2,1-2H3. The third-order valence-corrected chi connectivity index (χ3v) is 5.93. The molecule has 0 heterocycles. The van der Waals surface area contributed by atoms with Crippen LogP contribution >= 0.6 is 11.6 Å². The van der Waals surface area contributed by atoms with Crippen molar-refractivity contribution >= 4 is 27.3 Å². The summed E-state index contributed by atoms with van der Waals surface area (Å²) in [6, 6.07) is 2.98. The number of likely N-dealkylation sites (N-methyl/N-ethyl adjacent to an activating group) is 1. The van der Waals surface area contributed by atoms with Crippen molar-refractivity contribution < 1.29 is 13.2 Å². The highest BCUT2D eigenvalue weighted by molar-refractivity contribution is 7.89. The van der Waals surface area contributed by atoms with Gasteiger partial charge in [-0.25, -0.2) is 8.42 Å². The Hall–Kier alpha value is -0.820. The van der Waals surface area contributed by atoms with E-state index in [0.29, 0.717) is 31.4 Å². The molecule has 0 amide bonds. The Kier molecular flexibility index (Phi) is 5.14. The Bertz CT molecular complexity index is 615. The van der Waals surface area contributed by atoms with E-state index in [1.165, 1.54) is 30.3 Å². The molecule has 1 aromatic carbocycles. The van der Waals surface area contributed by atoms with E-state index in [1.807, 2.05) is 0 Å². The van der Waals surface area contributed by atoms with Gasteiger partial charge in [-0.3, -0.25) is 0 Å². The fraction of sp³-hybridized carbons (Fsp3) is 0.571. The number of anilines is 1. The summed E-state index contributed by atoms with van der Waals surface area (Å²) in [5.41, 5.74) is 6.95. The smallest absolute Gasteiger partial charge is 0.244 e. The minimum absolute atomic E-state index is 0.0389. The van der Waals surface area contributed by atoms with Crippen LogP contribution in [0.25, 0.3) is 0 Å². The lowest BCUT2D eigenvalue weighted by Crippen LogP contribution is -2.30. The lowest BCUT2D eigenvalue weighted by atomic mass is 10.2. The van der Waals surface area contributed by atoms with Crippen LogP contribution in [-0.4, -0.2) is 39.5 Å². The quantitative estimate of drug-likeness (QED) is 0.614. The number of hydrogen-bond acceptors (Lipinski definition) is 4. The molecule has 2 rings (SSSR count). The molecular weight excluding hydrogens is 312 g/mol. The van der Waals surface area contributed by atoms with E-state index in [-0.39, 0.29) is 9.92 Å². The van der Waals surface area contributed by atoms with Gasteiger partial charge in [-0.2, -0.15) is 4.31 Å². The Morgan fingerprint density at radius 2 is 2.10 bits per heavy atom. The van der Waals surface area contributed by atoms with E-state index in [4.69, 9.17) is 22.1 Å². The SMILES string of the molecule is Cc1cc(Cl)c(S(=O)(=O)N(C)CCOCC2CC2)cc1N. The average Bonchev–Trinajstić information content (AvgIpc) is 3.22. The number of benzene rings is 1.